The Kier molecular flexibility index (Phi) is 2.78. The maximum absolute atomic E-state index is 13.3. The number of carbonyl (C=O) groups excluding carboxylic acids is 1. The molecule has 2 unspecified atom stereocenters. The van der Waals surface area contributed by atoms with Crippen LogP contribution in [0.5, 0.6) is 0 Å². The van der Waals surface area contributed by atoms with E-state index in [0.717, 1.165) is 25.0 Å². The van der Waals surface area contributed by atoms with Gasteiger partial charge in [0.15, 0.2) is 17.5 Å². The highest BCUT2D eigenvalue weighted by molar-refractivity contribution is 5.81. The zero-order chi connectivity index (χ0) is 13.7. The zero-order valence-electron chi connectivity index (χ0n) is 10.1. The number of nitrogens with two attached hydrogens (primary N) is 1. The van der Waals surface area contributed by atoms with Gasteiger partial charge in [-0.1, -0.05) is 0 Å². The van der Waals surface area contributed by atoms with Gasteiger partial charge in [-0.05, 0) is 30.5 Å². The van der Waals surface area contributed by atoms with E-state index in [1.807, 2.05) is 0 Å². The van der Waals surface area contributed by atoms with E-state index >= 15 is 0 Å². The van der Waals surface area contributed by atoms with Crippen LogP contribution in [0.15, 0.2) is 12.1 Å². The maximum Gasteiger partial charge on any atom is 0.225 e. The van der Waals surface area contributed by atoms with Gasteiger partial charge in [-0.2, -0.15) is 0 Å². The minimum Gasteiger partial charge on any atom is -0.331 e. The average Bonchev–Trinajstić information content (AvgIpc) is 3.11. The Morgan fingerprint density at radius 2 is 1.74 bits per heavy atom. The molecule has 102 valence electrons. The third kappa shape index (κ3) is 2.00. The third-order valence-corrected chi connectivity index (χ3v) is 3.69. The summed E-state index contributed by atoms with van der Waals surface area (Å²) < 4.78 is 39.6. The number of likely N-dealkylation sites (tertiary alicyclic amines) is 1. The normalized spacial score (nSPS) is 27.2. The van der Waals surface area contributed by atoms with E-state index in [2.05, 4.69) is 0 Å². The van der Waals surface area contributed by atoms with Gasteiger partial charge in [-0.25, -0.2) is 13.2 Å². The van der Waals surface area contributed by atoms with Crippen LogP contribution >= 0.6 is 0 Å². The zero-order valence-corrected chi connectivity index (χ0v) is 10.1. The van der Waals surface area contributed by atoms with Crippen LogP contribution < -0.4 is 5.73 Å². The van der Waals surface area contributed by atoms with Crippen LogP contribution in [0.25, 0.3) is 0 Å². The minimum atomic E-state index is -1.50. The topological polar surface area (TPSA) is 46.3 Å². The van der Waals surface area contributed by atoms with Crippen molar-refractivity contribution in [3.05, 3.63) is 35.1 Å². The van der Waals surface area contributed by atoms with E-state index in [9.17, 15) is 18.0 Å². The molecule has 3 rings (SSSR count). The number of halogens is 3. The Morgan fingerprint density at radius 3 is 2.26 bits per heavy atom. The quantitative estimate of drug-likeness (QED) is 0.834. The van der Waals surface area contributed by atoms with Crippen LogP contribution in [0.1, 0.15) is 30.9 Å². The second kappa shape index (κ2) is 4.23. The Balaban J connectivity index is 2.01. The first-order valence-electron chi connectivity index (χ1n) is 6.20. The van der Waals surface area contributed by atoms with Crippen molar-refractivity contribution in [2.24, 2.45) is 5.73 Å². The molecular weight excluding hydrogens is 257 g/mol. The molecule has 1 aliphatic heterocycles. The molecule has 1 aromatic carbocycles. The summed E-state index contributed by atoms with van der Waals surface area (Å²) in [6.45, 7) is 0. The molecule has 0 spiro atoms. The van der Waals surface area contributed by atoms with E-state index in [1.54, 1.807) is 4.90 Å². The van der Waals surface area contributed by atoms with Gasteiger partial charge in [0.1, 0.15) is 0 Å². The standard InChI is InChI=1S/C13H13F3N2O/c14-8-3-6(4-9(15)12(8)16)13-10(17)5-11(19)18(13)7-1-2-7/h3-4,7,10,13H,1-2,5,17H2. The van der Waals surface area contributed by atoms with Gasteiger partial charge in [0.25, 0.3) is 0 Å². The second-order valence-electron chi connectivity index (χ2n) is 5.14. The summed E-state index contributed by atoms with van der Waals surface area (Å²) >= 11 is 0. The molecule has 1 aromatic rings. The molecule has 6 heteroatoms. The van der Waals surface area contributed by atoms with Crippen LogP contribution in [0.2, 0.25) is 0 Å². The lowest BCUT2D eigenvalue weighted by Gasteiger charge is -2.27. The fraction of sp³-hybridized carbons (Fsp3) is 0.462. The first-order chi connectivity index (χ1) is 8.99. The molecule has 2 atom stereocenters. The number of hydrogen-bond acceptors (Lipinski definition) is 2. The number of carbonyl (C=O) groups is 1. The van der Waals surface area contributed by atoms with Crippen molar-refractivity contribution >= 4 is 5.91 Å². The monoisotopic (exact) mass is 270 g/mol. The van der Waals surface area contributed by atoms with Gasteiger partial charge >= 0.3 is 0 Å². The molecule has 3 nitrogen and oxygen atoms in total. The van der Waals surface area contributed by atoms with Crippen molar-refractivity contribution < 1.29 is 18.0 Å². The lowest BCUT2D eigenvalue weighted by Crippen LogP contribution is -2.34. The molecule has 1 saturated carbocycles. The lowest BCUT2D eigenvalue weighted by molar-refractivity contribution is -0.129. The maximum atomic E-state index is 13.3. The Morgan fingerprint density at radius 1 is 1.16 bits per heavy atom. The average molecular weight is 270 g/mol. The number of nitrogens with zero attached hydrogens (tertiary/aromatic N) is 1. The SMILES string of the molecule is NC1CC(=O)N(C2CC2)C1c1cc(F)c(F)c(F)c1. The van der Waals surface area contributed by atoms with E-state index in [0.29, 0.717) is 0 Å². The van der Waals surface area contributed by atoms with Crippen LogP contribution in [0, 0.1) is 17.5 Å². The number of hydrogen-bond donors (Lipinski definition) is 1. The molecule has 1 aliphatic carbocycles. The van der Waals surface area contributed by atoms with Crippen LogP contribution in [-0.4, -0.2) is 22.9 Å². The van der Waals surface area contributed by atoms with E-state index in [1.165, 1.54) is 0 Å². The van der Waals surface area contributed by atoms with E-state index in [4.69, 9.17) is 5.73 Å². The highest BCUT2D eigenvalue weighted by Gasteiger charge is 2.46. The summed E-state index contributed by atoms with van der Waals surface area (Å²) in [6.07, 6.45) is 1.91. The molecule has 0 radical (unpaired) electrons. The minimum absolute atomic E-state index is 0.0993. The molecule has 2 aliphatic rings. The highest BCUT2D eigenvalue weighted by Crippen LogP contribution is 2.41. The van der Waals surface area contributed by atoms with Gasteiger partial charge in [-0.3, -0.25) is 4.79 Å². The van der Waals surface area contributed by atoms with Crippen molar-refractivity contribution in [3.8, 4) is 0 Å². The number of benzene rings is 1. The number of rotatable bonds is 2. The van der Waals surface area contributed by atoms with Crippen molar-refractivity contribution in [2.45, 2.75) is 37.4 Å². The largest absolute Gasteiger partial charge is 0.331 e. The van der Waals surface area contributed by atoms with Gasteiger partial charge in [0, 0.05) is 18.5 Å². The van der Waals surface area contributed by atoms with Gasteiger partial charge in [-0.15, -0.1) is 0 Å². The van der Waals surface area contributed by atoms with Gasteiger partial charge < -0.3 is 10.6 Å². The molecule has 2 N–H and O–H groups in total. The Hall–Kier alpha value is -1.56. The van der Waals surface area contributed by atoms with Crippen molar-refractivity contribution in [3.63, 3.8) is 0 Å². The summed E-state index contributed by atoms with van der Waals surface area (Å²) in [5.74, 6) is -4.11. The lowest BCUT2D eigenvalue weighted by atomic mass is 10.00. The van der Waals surface area contributed by atoms with Gasteiger partial charge in [0.2, 0.25) is 5.91 Å². The Labute approximate surface area is 108 Å². The molecular formula is C13H13F3N2O. The summed E-state index contributed by atoms with van der Waals surface area (Å²) in [4.78, 5) is 13.5. The molecule has 0 bridgehead atoms. The molecule has 2 fully saturated rings. The fourth-order valence-corrected chi connectivity index (χ4v) is 2.72. The van der Waals surface area contributed by atoms with Crippen molar-refractivity contribution in [1.82, 2.24) is 4.90 Å². The van der Waals surface area contributed by atoms with Crippen LogP contribution in [-0.2, 0) is 4.79 Å². The Bertz CT molecular complexity index is 522. The van der Waals surface area contributed by atoms with Crippen LogP contribution in [0.3, 0.4) is 0 Å². The molecule has 1 saturated heterocycles. The van der Waals surface area contributed by atoms with Crippen molar-refractivity contribution in [2.75, 3.05) is 0 Å². The molecule has 19 heavy (non-hydrogen) atoms. The summed E-state index contributed by atoms with van der Waals surface area (Å²) in [6, 6.07) is 0.873. The summed E-state index contributed by atoms with van der Waals surface area (Å²) in [7, 11) is 0. The van der Waals surface area contributed by atoms with Crippen molar-refractivity contribution in [1.29, 1.82) is 0 Å². The van der Waals surface area contributed by atoms with E-state index < -0.39 is 29.5 Å². The molecule has 1 heterocycles. The van der Waals surface area contributed by atoms with Gasteiger partial charge in [0.05, 0.1) is 6.04 Å². The summed E-state index contributed by atoms with van der Waals surface area (Å²) in [5, 5.41) is 0. The molecule has 1 amide bonds. The van der Waals surface area contributed by atoms with Crippen LogP contribution in [0.4, 0.5) is 13.2 Å². The summed E-state index contributed by atoms with van der Waals surface area (Å²) in [5.41, 5.74) is 6.12. The second-order valence-corrected chi connectivity index (χ2v) is 5.14. The highest BCUT2D eigenvalue weighted by atomic mass is 19.2. The predicted octanol–water partition coefficient (Wildman–Crippen LogP) is 1.87. The predicted molar refractivity (Wildman–Crippen MR) is 61.5 cm³/mol. The molecule has 0 aromatic heterocycles. The van der Waals surface area contributed by atoms with E-state index in [-0.39, 0.29) is 23.9 Å². The fourth-order valence-electron chi connectivity index (χ4n) is 2.72. The first-order valence-corrected chi connectivity index (χ1v) is 6.20. The smallest absolute Gasteiger partial charge is 0.225 e. The number of amides is 1. The first kappa shape index (κ1) is 12.5. The third-order valence-electron chi connectivity index (χ3n) is 3.69.